The summed E-state index contributed by atoms with van der Waals surface area (Å²) >= 11 is 0. The van der Waals surface area contributed by atoms with Gasteiger partial charge < -0.3 is 27.4 Å². The Kier molecular flexibility index (Phi) is 5140. The van der Waals surface area contributed by atoms with E-state index in [0.29, 0.717) is 0 Å². The molecule has 0 aliphatic carbocycles. The molecule has 0 amide bonds. The van der Waals surface area contributed by atoms with Crippen molar-refractivity contribution >= 4 is 23.1 Å². The Labute approximate surface area is 87.8 Å². The Morgan fingerprint density at radius 2 is 0.500 bits per heavy atom. The van der Waals surface area contributed by atoms with Crippen LogP contribution in [0.25, 0.3) is 0 Å². The minimum Gasteiger partial charge on any atom is -2.00 e. The zero-order valence-corrected chi connectivity index (χ0v) is 7.95. The summed E-state index contributed by atoms with van der Waals surface area (Å²) in [5, 5.41) is 0. The molecular weight excluding hydrogens is 259 g/mol. The van der Waals surface area contributed by atoms with E-state index in [4.69, 9.17) is 0 Å². The van der Waals surface area contributed by atoms with Gasteiger partial charge in [0.1, 0.15) is 0 Å². The van der Waals surface area contributed by atoms with Crippen molar-refractivity contribution in [3.63, 3.8) is 0 Å². The minimum absolute atomic E-state index is 0. The fourth-order valence-corrected chi connectivity index (χ4v) is 0. The van der Waals surface area contributed by atoms with Crippen LogP contribution in [0.15, 0.2) is 0 Å². The van der Waals surface area contributed by atoms with E-state index in [9.17, 15) is 0 Å². The molecule has 0 N–H and O–H groups in total. The van der Waals surface area contributed by atoms with Crippen molar-refractivity contribution in [2.45, 2.75) is 0 Å². The zero-order chi connectivity index (χ0) is 0. The maximum Gasteiger partial charge on any atom is 2.00 e. The molecule has 0 saturated heterocycles. The Hall–Kier alpha value is 1.76. The molecule has 0 aromatic heterocycles. The Morgan fingerprint density at radius 1 is 0.500 bits per heavy atom. The Morgan fingerprint density at radius 3 is 0.500 bits per heavy atom. The van der Waals surface area contributed by atoms with Crippen LogP contribution >= 0.6 is 0 Å². The average molecular weight is 259 g/mol. The van der Waals surface area contributed by atoms with Gasteiger partial charge in [-0.25, -0.2) is 0 Å². The van der Waals surface area contributed by atoms with Crippen molar-refractivity contribution in [2.75, 3.05) is 0 Å². The number of rotatable bonds is 0. The van der Waals surface area contributed by atoms with Crippen LogP contribution < -0.4 is 0 Å². The van der Waals surface area contributed by atoms with Crippen LogP contribution in [0.5, 0.6) is 0 Å². The first-order chi connectivity index (χ1) is 0. The molecule has 0 unspecified atom stereocenters. The molecule has 0 aliphatic heterocycles. The van der Waals surface area contributed by atoms with Gasteiger partial charge in [0.25, 0.3) is 0 Å². The van der Waals surface area contributed by atoms with E-state index < -0.39 is 0 Å². The Bertz CT molecular complexity index is 12.4. The molecule has 5 nitrogen and oxygen atoms in total. The summed E-state index contributed by atoms with van der Waals surface area (Å²) in [4.78, 5) is 0. The predicted molar refractivity (Wildman–Crippen MR) is 9.19 cm³/mol. The summed E-state index contributed by atoms with van der Waals surface area (Å²) in [5.41, 5.74) is 0. The first-order valence-electron chi connectivity index (χ1n) is 0. The van der Waals surface area contributed by atoms with Gasteiger partial charge in [-0.1, -0.05) is 0 Å². The molecule has 0 bridgehead atoms. The standard InChI is InChI=1S/Co.Mg.Mo.5O/q2*+2;;5*-2. The van der Waals surface area contributed by atoms with E-state index in [2.05, 4.69) is 0 Å². The van der Waals surface area contributed by atoms with Crippen LogP contribution in [0.3, 0.4) is 0 Å². The van der Waals surface area contributed by atoms with Crippen LogP contribution in [0, 0.1) is 0 Å². The van der Waals surface area contributed by atoms with Gasteiger partial charge >= 0.3 is 39.8 Å². The normalized spacial score (nSPS) is 0. The summed E-state index contributed by atoms with van der Waals surface area (Å²) in [6.07, 6.45) is 0. The number of hydrogen-bond acceptors (Lipinski definition) is 0. The third-order valence-electron chi connectivity index (χ3n) is 0. The van der Waals surface area contributed by atoms with Crippen LogP contribution in [0.1, 0.15) is 0 Å². The van der Waals surface area contributed by atoms with Crippen LogP contribution in [-0.2, 0) is 65.2 Å². The molecule has 0 saturated carbocycles. The molecule has 0 aromatic carbocycles. The topological polar surface area (TPSA) is 142 Å². The zero-order valence-electron chi connectivity index (χ0n) is 3.49. The van der Waals surface area contributed by atoms with E-state index in [1.54, 1.807) is 0 Å². The largest absolute Gasteiger partial charge is 2.00 e. The van der Waals surface area contributed by atoms with Gasteiger partial charge in [0.15, 0.2) is 0 Å². The molecule has 1 radical (unpaired) electrons. The third kappa shape index (κ3) is 114. The molecule has 0 rings (SSSR count). The fraction of sp³-hybridized carbons (Fsp3) is 0. The molecule has 0 aliphatic rings. The van der Waals surface area contributed by atoms with E-state index in [-0.39, 0.29) is 88.3 Å². The molecule has 0 aromatic rings. The summed E-state index contributed by atoms with van der Waals surface area (Å²) in [6, 6.07) is 0. The van der Waals surface area contributed by atoms with Crippen molar-refractivity contribution in [3.05, 3.63) is 0 Å². The van der Waals surface area contributed by atoms with Gasteiger partial charge in [0, 0.05) is 21.1 Å². The Balaban J connectivity index is 0. The first-order valence-corrected chi connectivity index (χ1v) is 0. The van der Waals surface area contributed by atoms with E-state index in [1.165, 1.54) is 0 Å². The maximum absolute atomic E-state index is 0. The molecule has 0 atom stereocenters. The summed E-state index contributed by atoms with van der Waals surface area (Å²) in [7, 11) is 0. The summed E-state index contributed by atoms with van der Waals surface area (Å²) < 4.78 is 0. The van der Waals surface area contributed by atoms with Gasteiger partial charge in [-0.05, 0) is 0 Å². The molecule has 8 heteroatoms. The minimum atomic E-state index is 0. The van der Waals surface area contributed by atoms with Crippen LogP contribution in [0.4, 0.5) is 0 Å². The fourth-order valence-electron chi connectivity index (χ4n) is 0. The molecule has 53 valence electrons. The second-order valence-corrected chi connectivity index (χ2v) is 0. The maximum atomic E-state index is 0. The molecule has 0 spiro atoms. The van der Waals surface area contributed by atoms with Crippen molar-refractivity contribution in [1.29, 1.82) is 0 Å². The average Bonchev–Trinajstić information content (AvgIpc) is 0. The van der Waals surface area contributed by atoms with Crippen molar-refractivity contribution in [3.8, 4) is 0 Å². The second-order valence-electron chi connectivity index (χ2n) is 0. The first kappa shape index (κ1) is 242. The van der Waals surface area contributed by atoms with Crippen molar-refractivity contribution in [2.24, 2.45) is 0 Å². The predicted octanol–water partition coefficient (Wildman–Crippen LogP) is -0.980. The quantitative estimate of drug-likeness (QED) is 0.493. The van der Waals surface area contributed by atoms with E-state index in [1.807, 2.05) is 0 Å². The summed E-state index contributed by atoms with van der Waals surface area (Å²) in [6.45, 7) is 0. The molecule has 0 fully saturated rings. The third-order valence-corrected chi connectivity index (χ3v) is 0. The van der Waals surface area contributed by atoms with Crippen LogP contribution in [-0.4, -0.2) is 23.1 Å². The smallest absolute Gasteiger partial charge is 2.00 e. The molecule has 0 heterocycles. The number of hydrogen-bond donors (Lipinski definition) is 0. The van der Waals surface area contributed by atoms with Crippen LogP contribution in [0.2, 0.25) is 0 Å². The SMILES string of the molecule is [Co+2].[Mg+2].[Mo].[O-2].[O-2].[O-2].[O-2].[O-2]. The molecule has 8 heavy (non-hydrogen) atoms. The van der Waals surface area contributed by atoms with E-state index in [0.717, 1.165) is 0 Å². The van der Waals surface area contributed by atoms with Crippen molar-refractivity contribution in [1.82, 2.24) is 0 Å². The molecular formula is CoMgMoO5-6. The van der Waals surface area contributed by atoms with Gasteiger partial charge in [0.05, 0.1) is 0 Å². The van der Waals surface area contributed by atoms with Gasteiger partial charge in [-0.15, -0.1) is 0 Å². The van der Waals surface area contributed by atoms with Gasteiger partial charge in [-0.2, -0.15) is 0 Å². The summed E-state index contributed by atoms with van der Waals surface area (Å²) in [5.74, 6) is 0. The monoisotopic (exact) mass is 261 g/mol. The van der Waals surface area contributed by atoms with Gasteiger partial charge in [0.2, 0.25) is 0 Å². The second kappa shape index (κ2) is 170. The van der Waals surface area contributed by atoms with E-state index >= 15 is 0 Å². The van der Waals surface area contributed by atoms with Gasteiger partial charge in [-0.3, -0.25) is 0 Å². The van der Waals surface area contributed by atoms with Crippen molar-refractivity contribution < 1.29 is 65.2 Å².